The van der Waals surface area contributed by atoms with Crippen LogP contribution in [0.5, 0.6) is 5.75 Å². The van der Waals surface area contributed by atoms with Gasteiger partial charge in [-0.1, -0.05) is 18.2 Å². The minimum absolute atomic E-state index is 0.0615. The van der Waals surface area contributed by atoms with E-state index in [0.29, 0.717) is 36.3 Å². The lowest BCUT2D eigenvalue weighted by Gasteiger charge is -2.14. The zero-order valence-corrected chi connectivity index (χ0v) is 17.1. The first-order valence-electron chi connectivity index (χ1n) is 10.1. The molecule has 0 saturated carbocycles. The fraction of sp³-hybridized carbons (Fsp3) is 0.292. The third-order valence-electron chi connectivity index (χ3n) is 5.37. The molecular formula is C24H24N2O4. The van der Waals surface area contributed by atoms with Crippen LogP contribution in [0.1, 0.15) is 69.2 Å². The highest BCUT2D eigenvalue weighted by atomic mass is 16.5. The molecule has 0 saturated heterocycles. The maximum absolute atomic E-state index is 12.8. The lowest BCUT2D eigenvalue weighted by atomic mass is 9.94. The van der Waals surface area contributed by atoms with Crippen molar-refractivity contribution in [3.8, 4) is 5.75 Å². The summed E-state index contributed by atoms with van der Waals surface area (Å²) in [6.45, 7) is 4.13. The highest BCUT2D eigenvalue weighted by Gasteiger charge is 2.29. The summed E-state index contributed by atoms with van der Waals surface area (Å²) in [5, 5.41) is 2.96. The van der Waals surface area contributed by atoms with Crippen molar-refractivity contribution in [3.05, 3.63) is 82.6 Å². The van der Waals surface area contributed by atoms with Crippen LogP contribution in [0.15, 0.2) is 53.2 Å². The number of nitrogens with one attached hydrogen (secondary N) is 1. The molecule has 2 aromatic heterocycles. The van der Waals surface area contributed by atoms with E-state index in [2.05, 4.69) is 10.3 Å². The molecule has 4 rings (SSSR count). The Bertz CT molecular complexity index is 1050. The second-order valence-electron chi connectivity index (χ2n) is 7.55. The standard InChI is InChI=1S/C24H24N2O4/c1-15-22-20(27)6-3-7-21(22)30-23(15)24(28)26-16(2)18-8-10-19(11-9-18)29-14-17-5-4-12-25-13-17/h4-5,8-13,16H,3,6-7,14H2,1-2H3,(H,26,28). The molecule has 1 amide bonds. The van der Waals surface area contributed by atoms with Crippen molar-refractivity contribution < 1.29 is 18.7 Å². The number of fused-ring (bicyclic) bond motifs is 1. The zero-order valence-electron chi connectivity index (χ0n) is 17.1. The number of carbonyl (C=O) groups is 2. The fourth-order valence-electron chi connectivity index (χ4n) is 3.71. The predicted octanol–water partition coefficient (Wildman–Crippen LogP) is 4.57. The first-order chi connectivity index (χ1) is 14.5. The number of hydrogen-bond acceptors (Lipinski definition) is 5. The molecule has 1 aromatic carbocycles. The van der Waals surface area contributed by atoms with Crippen LogP contribution in [-0.4, -0.2) is 16.7 Å². The number of amides is 1. The zero-order chi connectivity index (χ0) is 21.1. The van der Waals surface area contributed by atoms with E-state index in [9.17, 15) is 9.59 Å². The van der Waals surface area contributed by atoms with E-state index in [1.54, 1.807) is 19.3 Å². The highest BCUT2D eigenvalue weighted by Crippen LogP contribution is 2.29. The maximum atomic E-state index is 12.8. The first-order valence-corrected chi connectivity index (χ1v) is 10.1. The molecule has 1 unspecified atom stereocenters. The van der Waals surface area contributed by atoms with Crippen molar-refractivity contribution in [2.75, 3.05) is 0 Å². The summed E-state index contributed by atoms with van der Waals surface area (Å²) in [6.07, 6.45) is 5.48. The number of ketones is 1. The van der Waals surface area contributed by atoms with Crippen molar-refractivity contribution >= 4 is 11.7 Å². The molecule has 0 radical (unpaired) electrons. The normalized spacial score (nSPS) is 14.1. The number of hydrogen-bond donors (Lipinski definition) is 1. The minimum atomic E-state index is -0.306. The average Bonchev–Trinajstić information content (AvgIpc) is 3.11. The SMILES string of the molecule is Cc1c(C(=O)NC(C)c2ccc(OCc3cccnc3)cc2)oc2c1C(=O)CCC2. The van der Waals surface area contributed by atoms with Crippen molar-refractivity contribution in [2.45, 2.75) is 45.8 Å². The van der Waals surface area contributed by atoms with Gasteiger partial charge < -0.3 is 14.5 Å². The van der Waals surface area contributed by atoms with E-state index in [4.69, 9.17) is 9.15 Å². The Morgan fingerprint density at radius 2 is 2.03 bits per heavy atom. The van der Waals surface area contributed by atoms with Crippen molar-refractivity contribution in [1.29, 1.82) is 0 Å². The molecule has 1 N–H and O–H groups in total. The lowest BCUT2D eigenvalue weighted by molar-refractivity contribution is 0.0906. The van der Waals surface area contributed by atoms with Crippen LogP contribution in [0.3, 0.4) is 0 Å². The molecule has 2 heterocycles. The number of aromatic nitrogens is 1. The van der Waals surface area contributed by atoms with Crippen molar-refractivity contribution in [2.24, 2.45) is 0 Å². The quantitative estimate of drug-likeness (QED) is 0.651. The topological polar surface area (TPSA) is 81.4 Å². The Kier molecular flexibility index (Phi) is 5.65. The van der Waals surface area contributed by atoms with E-state index in [-0.39, 0.29) is 23.5 Å². The van der Waals surface area contributed by atoms with Crippen LogP contribution >= 0.6 is 0 Å². The summed E-state index contributed by atoms with van der Waals surface area (Å²) in [4.78, 5) is 29.0. The van der Waals surface area contributed by atoms with Gasteiger partial charge in [-0.3, -0.25) is 14.6 Å². The van der Waals surface area contributed by atoms with E-state index >= 15 is 0 Å². The molecule has 0 fully saturated rings. The number of Topliss-reactive ketones (excluding diaryl/α,β-unsaturated/α-hetero) is 1. The number of benzene rings is 1. The molecular weight excluding hydrogens is 380 g/mol. The number of rotatable bonds is 6. The van der Waals surface area contributed by atoms with Gasteiger partial charge in [0.2, 0.25) is 0 Å². The number of aryl methyl sites for hydroxylation is 1. The molecule has 1 atom stereocenters. The van der Waals surface area contributed by atoms with Crippen LogP contribution in [-0.2, 0) is 13.0 Å². The predicted molar refractivity (Wildman–Crippen MR) is 112 cm³/mol. The average molecular weight is 404 g/mol. The maximum Gasteiger partial charge on any atom is 0.287 e. The molecule has 0 bridgehead atoms. The van der Waals surface area contributed by atoms with Gasteiger partial charge in [0.15, 0.2) is 11.5 Å². The molecule has 154 valence electrons. The monoisotopic (exact) mass is 404 g/mol. The Morgan fingerprint density at radius 3 is 2.73 bits per heavy atom. The van der Waals surface area contributed by atoms with Crippen LogP contribution in [0.4, 0.5) is 0 Å². The van der Waals surface area contributed by atoms with Crippen LogP contribution in [0, 0.1) is 6.92 Å². The summed E-state index contributed by atoms with van der Waals surface area (Å²) in [7, 11) is 0. The van der Waals surface area contributed by atoms with Crippen molar-refractivity contribution in [1.82, 2.24) is 10.3 Å². The van der Waals surface area contributed by atoms with E-state index in [1.807, 2.05) is 43.3 Å². The highest BCUT2D eigenvalue weighted by molar-refractivity contribution is 6.03. The largest absolute Gasteiger partial charge is 0.489 e. The molecule has 30 heavy (non-hydrogen) atoms. The van der Waals surface area contributed by atoms with E-state index < -0.39 is 0 Å². The molecule has 0 aliphatic heterocycles. The Labute approximate surface area is 175 Å². The van der Waals surface area contributed by atoms with Gasteiger partial charge in [-0.15, -0.1) is 0 Å². The fourth-order valence-corrected chi connectivity index (χ4v) is 3.71. The minimum Gasteiger partial charge on any atom is -0.489 e. The summed E-state index contributed by atoms with van der Waals surface area (Å²) in [5.74, 6) is 1.37. The lowest BCUT2D eigenvalue weighted by Crippen LogP contribution is -2.26. The van der Waals surface area contributed by atoms with Gasteiger partial charge in [0.25, 0.3) is 5.91 Å². The van der Waals surface area contributed by atoms with Crippen LogP contribution < -0.4 is 10.1 Å². The number of pyridine rings is 1. The smallest absolute Gasteiger partial charge is 0.287 e. The number of nitrogens with zero attached hydrogens (tertiary/aromatic N) is 1. The molecule has 6 nitrogen and oxygen atoms in total. The summed E-state index contributed by atoms with van der Waals surface area (Å²) < 4.78 is 11.5. The number of carbonyl (C=O) groups excluding carboxylic acids is 2. The third kappa shape index (κ3) is 4.13. The van der Waals surface area contributed by atoms with Gasteiger partial charge in [0, 0.05) is 36.4 Å². The van der Waals surface area contributed by atoms with Crippen molar-refractivity contribution in [3.63, 3.8) is 0 Å². The summed E-state index contributed by atoms with van der Waals surface area (Å²) in [5.41, 5.74) is 3.17. The Morgan fingerprint density at radius 1 is 1.23 bits per heavy atom. The van der Waals surface area contributed by atoms with E-state index in [0.717, 1.165) is 23.3 Å². The van der Waals surface area contributed by atoms with E-state index in [1.165, 1.54) is 0 Å². The van der Waals surface area contributed by atoms with Gasteiger partial charge in [-0.05, 0) is 44.0 Å². The Hall–Kier alpha value is -3.41. The molecule has 1 aliphatic carbocycles. The molecule has 3 aromatic rings. The molecule has 6 heteroatoms. The summed E-state index contributed by atoms with van der Waals surface area (Å²) >= 11 is 0. The second-order valence-corrected chi connectivity index (χ2v) is 7.55. The molecule has 1 aliphatic rings. The first kappa shape index (κ1) is 19.9. The van der Waals surface area contributed by atoms with Crippen LogP contribution in [0.25, 0.3) is 0 Å². The third-order valence-corrected chi connectivity index (χ3v) is 5.37. The molecule has 0 spiro atoms. The Balaban J connectivity index is 1.39. The van der Waals surface area contributed by atoms with Gasteiger partial charge >= 0.3 is 0 Å². The second kappa shape index (κ2) is 8.53. The number of furan rings is 1. The van der Waals surface area contributed by atoms with Crippen LogP contribution in [0.2, 0.25) is 0 Å². The van der Waals surface area contributed by atoms with Gasteiger partial charge in [0.1, 0.15) is 18.1 Å². The summed E-state index contributed by atoms with van der Waals surface area (Å²) in [6, 6.07) is 11.2. The number of ether oxygens (including phenoxy) is 1. The van der Waals surface area contributed by atoms with Gasteiger partial charge in [-0.25, -0.2) is 0 Å². The van der Waals surface area contributed by atoms with Gasteiger partial charge in [-0.2, -0.15) is 0 Å². The van der Waals surface area contributed by atoms with Gasteiger partial charge in [0.05, 0.1) is 11.6 Å².